The number of nitrogens with one attached hydrogen (secondary N) is 2. The average molecular weight is 338 g/mol. The zero-order valence-electron chi connectivity index (χ0n) is 13.9. The molecule has 1 atom stereocenters. The van der Waals surface area contributed by atoms with Crippen LogP contribution in [-0.4, -0.2) is 63.2 Å². The molecular weight excluding hydrogens is 312 g/mol. The minimum Gasteiger partial charge on any atom is -0.376 e. The molecule has 1 fully saturated rings. The van der Waals surface area contributed by atoms with Crippen molar-refractivity contribution in [2.75, 3.05) is 40.3 Å². The van der Waals surface area contributed by atoms with E-state index in [0.717, 1.165) is 39.0 Å². The molecule has 1 amide bonds. The van der Waals surface area contributed by atoms with Gasteiger partial charge in [-0.3, -0.25) is 4.79 Å². The molecule has 2 N–H and O–H groups in total. The maximum absolute atomic E-state index is 11.7. The molecule has 0 saturated carbocycles. The molecule has 0 bridgehead atoms. The minimum absolute atomic E-state index is 0.0125. The normalized spacial score (nSPS) is 18.0. The standard InChI is InChI=1S/C16H26N4O2S/c1-20(2)15(21)12-19-16(18-11-13-5-3-9-22-13)17-8-7-14-6-4-10-23-14/h4,6,10,13H,3,5,7-9,11-12H2,1-2H3,(H2,17,18,19). The summed E-state index contributed by atoms with van der Waals surface area (Å²) in [5, 5.41) is 8.66. The second-order valence-corrected chi connectivity index (χ2v) is 6.76. The molecule has 2 heterocycles. The third-order valence-corrected chi connectivity index (χ3v) is 4.57. The summed E-state index contributed by atoms with van der Waals surface area (Å²) in [4.78, 5) is 19.0. The van der Waals surface area contributed by atoms with Crippen LogP contribution in [0.4, 0.5) is 0 Å². The molecule has 7 heteroatoms. The van der Waals surface area contributed by atoms with Gasteiger partial charge in [-0.2, -0.15) is 0 Å². The molecule has 1 unspecified atom stereocenters. The van der Waals surface area contributed by atoms with Gasteiger partial charge >= 0.3 is 0 Å². The van der Waals surface area contributed by atoms with E-state index in [1.54, 1.807) is 30.3 Å². The summed E-state index contributed by atoms with van der Waals surface area (Å²) in [5.41, 5.74) is 0. The van der Waals surface area contributed by atoms with Gasteiger partial charge in [-0.05, 0) is 30.7 Å². The number of ether oxygens (including phenoxy) is 1. The lowest BCUT2D eigenvalue weighted by Gasteiger charge is -2.16. The highest BCUT2D eigenvalue weighted by Gasteiger charge is 2.15. The van der Waals surface area contributed by atoms with Crippen LogP contribution in [-0.2, 0) is 16.0 Å². The Hall–Kier alpha value is -1.60. The van der Waals surface area contributed by atoms with Crippen LogP contribution in [0.25, 0.3) is 0 Å². The Morgan fingerprint density at radius 1 is 1.48 bits per heavy atom. The predicted molar refractivity (Wildman–Crippen MR) is 94.0 cm³/mol. The summed E-state index contributed by atoms with van der Waals surface area (Å²) in [7, 11) is 3.48. The topological polar surface area (TPSA) is 66.0 Å². The van der Waals surface area contributed by atoms with Gasteiger partial charge in [0.1, 0.15) is 6.54 Å². The van der Waals surface area contributed by atoms with Gasteiger partial charge in [-0.15, -0.1) is 11.3 Å². The van der Waals surface area contributed by atoms with E-state index in [2.05, 4.69) is 33.1 Å². The van der Waals surface area contributed by atoms with Crippen LogP contribution in [0.15, 0.2) is 22.5 Å². The second kappa shape index (κ2) is 9.52. The van der Waals surface area contributed by atoms with Crippen molar-refractivity contribution >= 4 is 23.2 Å². The lowest BCUT2D eigenvalue weighted by molar-refractivity contribution is -0.127. The van der Waals surface area contributed by atoms with Crippen molar-refractivity contribution in [3.8, 4) is 0 Å². The molecule has 1 aromatic rings. The third kappa shape index (κ3) is 6.58. The lowest BCUT2D eigenvalue weighted by Crippen LogP contribution is -2.42. The molecule has 128 valence electrons. The summed E-state index contributed by atoms with van der Waals surface area (Å²) in [6.07, 6.45) is 3.37. The SMILES string of the molecule is CN(C)C(=O)CN=C(NCCc1cccs1)NCC1CCCO1. The first-order valence-electron chi connectivity index (χ1n) is 8.01. The summed E-state index contributed by atoms with van der Waals surface area (Å²) in [5.74, 6) is 0.661. The van der Waals surface area contributed by atoms with Crippen molar-refractivity contribution in [2.24, 2.45) is 4.99 Å². The number of carbonyl (C=O) groups is 1. The van der Waals surface area contributed by atoms with Crippen LogP contribution in [0.5, 0.6) is 0 Å². The number of amides is 1. The van der Waals surface area contributed by atoms with Gasteiger partial charge in [0.2, 0.25) is 5.91 Å². The van der Waals surface area contributed by atoms with Crippen LogP contribution < -0.4 is 10.6 Å². The average Bonchev–Trinajstić information content (AvgIpc) is 3.22. The van der Waals surface area contributed by atoms with E-state index in [1.807, 2.05) is 0 Å². The number of hydrogen-bond acceptors (Lipinski definition) is 4. The molecule has 2 rings (SSSR count). The summed E-state index contributed by atoms with van der Waals surface area (Å²) in [6, 6.07) is 4.18. The number of carbonyl (C=O) groups excluding carboxylic acids is 1. The Balaban J connectivity index is 1.81. The lowest BCUT2D eigenvalue weighted by atomic mass is 10.2. The smallest absolute Gasteiger partial charge is 0.243 e. The quantitative estimate of drug-likeness (QED) is 0.577. The predicted octanol–water partition coefficient (Wildman–Crippen LogP) is 1.09. The summed E-state index contributed by atoms with van der Waals surface area (Å²) < 4.78 is 5.61. The van der Waals surface area contributed by atoms with Crippen LogP contribution in [0, 0.1) is 0 Å². The molecule has 0 aromatic carbocycles. The maximum Gasteiger partial charge on any atom is 0.243 e. The van der Waals surface area contributed by atoms with E-state index in [4.69, 9.17) is 4.74 Å². The number of aliphatic imine (C=N–C) groups is 1. The third-order valence-electron chi connectivity index (χ3n) is 3.64. The van der Waals surface area contributed by atoms with Gasteiger partial charge in [0, 0.05) is 38.7 Å². The molecule has 1 aromatic heterocycles. The van der Waals surface area contributed by atoms with Crippen LogP contribution in [0.2, 0.25) is 0 Å². The number of rotatable bonds is 7. The van der Waals surface area contributed by atoms with Crippen LogP contribution in [0.1, 0.15) is 17.7 Å². The van der Waals surface area contributed by atoms with Gasteiger partial charge in [-0.25, -0.2) is 4.99 Å². The fraction of sp³-hybridized carbons (Fsp3) is 0.625. The molecule has 1 aliphatic heterocycles. The van der Waals surface area contributed by atoms with E-state index < -0.39 is 0 Å². The molecular formula is C16H26N4O2S. The Bertz CT molecular complexity index is 496. The minimum atomic E-state index is -0.0125. The number of thiophene rings is 1. The highest BCUT2D eigenvalue weighted by molar-refractivity contribution is 7.09. The van der Waals surface area contributed by atoms with E-state index in [9.17, 15) is 4.79 Å². The van der Waals surface area contributed by atoms with Crippen molar-refractivity contribution in [1.82, 2.24) is 15.5 Å². The Kier molecular flexibility index (Phi) is 7.35. The Labute approximate surface area is 141 Å². The van der Waals surface area contributed by atoms with Crippen molar-refractivity contribution in [3.05, 3.63) is 22.4 Å². The molecule has 0 aliphatic carbocycles. The first-order chi connectivity index (χ1) is 11.1. The zero-order valence-corrected chi connectivity index (χ0v) is 14.7. The molecule has 6 nitrogen and oxygen atoms in total. The highest BCUT2D eigenvalue weighted by atomic mass is 32.1. The first kappa shape index (κ1) is 17.7. The zero-order chi connectivity index (χ0) is 16.5. The second-order valence-electron chi connectivity index (χ2n) is 5.73. The van der Waals surface area contributed by atoms with E-state index in [0.29, 0.717) is 5.96 Å². The van der Waals surface area contributed by atoms with E-state index >= 15 is 0 Å². The molecule has 23 heavy (non-hydrogen) atoms. The van der Waals surface area contributed by atoms with Gasteiger partial charge in [0.25, 0.3) is 0 Å². The molecule has 1 aliphatic rings. The Morgan fingerprint density at radius 2 is 2.35 bits per heavy atom. The largest absolute Gasteiger partial charge is 0.376 e. The van der Waals surface area contributed by atoms with Gasteiger partial charge < -0.3 is 20.3 Å². The Morgan fingerprint density at radius 3 is 3.00 bits per heavy atom. The first-order valence-corrected chi connectivity index (χ1v) is 8.89. The molecule has 1 saturated heterocycles. The number of guanidine groups is 1. The maximum atomic E-state index is 11.7. The fourth-order valence-corrected chi connectivity index (χ4v) is 2.95. The monoisotopic (exact) mass is 338 g/mol. The van der Waals surface area contributed by atoms with Gasteiger partial charge in [0.15, 0.2) is 5.96 Å². The summed E-state index contributed by atoms with van der Waals surface area (Å²) >= 11 is 1.75. The van der Waals surface area contributed by atoms with Crippen LogP contribution in [0.3, 0.4) is 0 Å². The van der Waals surface area contributed by atoms with Gasteiger partial charge in [-0.1, -0.05) is 6.07 Å². The van der Waals surface area contributed by atoms with Crippen molar-refractivity contribution < 1.29 is 9.53 Å². The van der Waals surface area contributed by atoms with Crippen LogP contribution >= 0.6 is 11.3 Å². The van der Waals surface area contributed by atoms with E-state index in [1.165, 1.54) is 4.88 Å². The van der Waals surface area contributed by atoms with Crippen molar-refractivity contribution in [3.63, 3.8) is 0 Å². The number of hydrogen-bond donors (Lipinski definition) is 2. The highest BCUT2D eigenvalue weighted by Crippen LogP contribution is 2.10. The number of likely N-dealkylation sites (N-methyl/N-ethyl adjacent to an activating group) is 1. The molecule has 0 spiro atoms. The summed E-state index contributed by atoms with van der Waals surface area (Å²) in [6.45, 7) is 2.49. The van der Waals surface area contributed by atoms with Crippen molar-refractivity contribution in [2.45, 2.75) is 25.4 Å². The van der Waals surface area contributed by atoms with E-state index in [-0.39, 0.29) is 18.6 Å². The fourth-order valence-electron chi connectivity index (χ4n) is 2.24. The van der Waals surface area contributed by atoms with Gasteiger partial charge in [0.05, 0.1) is 6.10 Å². The van der Waals surface area contributed by atoms with Crippen molar-refractivity contribution in [1.29, 1.82) is 0 Å². The number of nitrogens with zero attached hydrogens (tertiary/aromatic N) is 2. The molecule has 0 radical (unpaired) electrons.